The van der Waals surface area contributed by atoms with Gasteiger partial charge in [0.15, 0.2) is 0 Å². The fourth-order valence-electron chi connectivity index (χ4n) is 3.58. The van der Waals surface area contributed by atoms with Crippen LogP contribution in [-0.2, 0) is 9.53 Å². The largest absolute Gasteiger partial charge is 0.461 e. The number of hydrogen-bond donors (Lipinski definition) is 0. The molecule has 0 radical (unpaired) electrons. The normalized spacial score (nSPS) is 12.8. The molecule has 0 aromatic rings. The second kappa shape index (κ2) is 25.0. The number of unbranched alkanes of at least 4 members (excludes halogenated alkanes) is 5. The van der Waals surface area contributed by atoms with Crippen LogP contribution in [0.25, 0.3) is 0 Å². The van der Waals surface area contributed by atoms with Gasteiger partial charge >= 0.3 is 5.97 Å². The fourth-order valence-corrected chi connectivity index (χ4v) is 3.58. The zero-order valence-electron chi connectivity index (χ0n) is 23.6. The topological polar surface area (TPSA) is 26.3 Å². The van der Waals surface area contributed by atoms with E-state index in [-0.39, 0.29) is 5.97 Å². The predicted octanol–water partition coefficient (Wildman–Crippen LogP) is 10.5. The highest BCUT2D eigenvalue weighted by Gasteiger charge is 2.01. The molecular weight excluding hydrogens is 428 g/mol. The Balaban J connectivity index is 3.65. The van der Waals surface area contributed by atoms with Gasteiger partial charge in [-0.15, -0.1) is 0 Å². The van der Waals surface area contributed by atoms with Crippen molar-refractivity contribution in [1.82, 2.24) is 0 Å². The maximum atomic E-state index is 11.9. The summed E-state index contributed by atoms with van der Waals surface area (Å²) in [6.45, 7) is 11.2. The summed E-state index contributed by atoms with van der Waals surface area (Å²) in [7, 11) is 0. The third-order valence-electron chi connectivity index (χ3n) is 5.83. The van der Waals surface area contributed by atoms with Gasteiger partial charge in [0.05, 0.1) is 0 Å². The van der Waals surface area contributed by atoms with Gasteiger partial charge < -0.3 is 4.74 Å². The van der Waals surface area contributed by atoms with Crippen LogP contribution in [0.5, 0.6) is 0 Å². The second-order valence-corrected chi connectivity index (χ2v) is 9.74. The van der Waals surface area contributed by atoms with Crippen molar-refractivity contribution in [3.63, 3.8) is 0 Å². The minimum absolute atomic E-state index is 0.0646. The molecule has 0 aliphatic carbocycles. The molecular formula is C33H54O2. The number of ether oxygens (including phenoxy) is 1. The lowest BCUT2D eigenvalue weighted by Gasteiger charge is -2.04. The Bertz CT molecular complexity index is 697. The first-order valence-electron chi connectivity index (χ1n) is 14.0. The molecule has 0 aromatic carbocycles. The van der Waals surface area contributed by atoms with Gasteiger partial charge in [-0.25, -0.2) is 0 Å². The summed E-state index contributed by atoms with van der Waals surface area (Å²) in [5.74, 6) is -0.0646. The third kappa shape index (κ3) is 26.4. The molecule has 0 aliphatic rings. The fraction of sp³-hybridized carbons (Fsp3) is 0.606. The Kier molecular flexibility index (Phi) is 23.5. The molecule has 2 nitrogen and oxygen atoms in total. The Labute approximate surface area is 218 Å². The summed E-state index contributed by atoms with van der Waals surface area (Å²) in [5.41, 5.74) is 4.14. The number of hydrogen-bond acceptors (Lipinski definition) is 2. The quantitative estimate of drug-likeness (QED) is 0.0923. The highest BCUT2D eigenvalue weighted by atomic mass is 16.5. The zero-order valence-corrected chi connectivity index (χ0v) is 23.6. The van der Waals surface area contributed by atoms with Crippen LogP contribution in [0.2, 0.25) is 0 Å². The zero-order chi connectivity index (χ0) is 26.0. The van der Waals surface area contributed by atoms with E-state index in [0.29, 0.717) is 13.0 Å². The van der Waals surface area contributed by atoms with Crippen LogP contribution in [0.1, 0.15) is 125 Å². The van der Waals surface area contributed by atoms with E-state index >= 15 is 0 Å². The first-order valence-corrected chi connectivity index (χ1v) is 14.0. The SMILES string of the molecule is CC/C=C\C/C=C\C/C=C\CCCCCCCC(=O)OC/C=C(\C)CC/C=C(\C)CCC=C(C)C. The van der Waals surface area contributed by atoms with Crippen LogP contribution in [0.15, 0.2) is 71.4 Å². The van der Waals surface area contributed by atoms with Gasteiger partial charge in [0.1, 0.15) is 6.61 Å². The molecule has 35 heavy (non-hydrogen) atoms. The van der Waals surface area contributed by atoms with Gasteiger partial charge in [-0.3, -0.25) is 4.79 Å². The molecule has 198 valence electrons. The number of rotatable bonds is 21. The molecule has 0 saturated carbocycles. The molecule has 0 fully saturated rings. The van der Waals surface area contributed by atoms with E-state index in [9.17, 15) is 4.79 Å². The Morgan fingerprint density at radius 2 is 1.17 bits per heavy atom. The Hall–Kier alpha value is -2.09. The molecule has 2 heteroatoms. The highest BCUT2D eigenvalue weighted by molar-refractivity contribution is 5.69. The van der Waals surface area contributed by atoms with Crippen LogP contribution in [0.3, 0.4) is 0 Å². The summed E-state index contributed by atoms with van der Waals surface area (Å²) in [4.78, 5) is 11.9. The van der Waals surface area contributed by atoms with Crippen molar-refractivity contribution in [3.05, 3.63) is 71.4 Å². The molecule has 0 rings (SSSR count). The molecule has 0 N–H and O–H groups in total. The maximum Gasteiger partial charge on any atom is 0.306 e. The van der Waals surface area contributed by atoms with Crippen molar-refractivity contribution < 1.29 is 9.53 Å². The minimum atomic E-state index is -0.0646. The van der Waals surface area contributed by atoms with Gasteiger partial charge in [0.25, 0.3) is 0 Å². The third-order valence-corrected chi connectivity index (χ3v) is 5.83. The van der Waals surface area contributed by atoms with Crippen LogP contribution in [-0.4, -0.2) is 12.6 Å². The van der Waals surface area contributed by atoms with Crippen molar-refractivity contribution in [2.75, 3.05) is 6.61 Å². The number of carbonyl (C=O) groups excluding carboxylic acids is 1. The van der Waals surface area contributed by atoms with E-state index in [1.54, 1.807) is 0 Å². The molecule has 0 aliphatic heterocycles. The standard InChI is InChI=1S/C33H54O2/c1-6-7-8-9-10-11-12-13-14-15-16-17-18-19-20-27-33(34)35-29-28-32(5)26-22-25-31(4)24-21-23-30(2)3/h7-8,10-11,13-14,23,25,28H,6,9,12,15-22,24,26-27,29H2,1-5H3/b8-7-,11-10-,14-13-,31-25+,32-28+. The number of esters is 1. The summed E-state index contributed by atoms with van der Waals surface area (Å²) in [6.07, 6.45) is 35.1. The van der Waals surface area contributed by atoms with Gasteiger partial charge in [-0.05, 0) is 98.0 Å². The van der Waals surface area contributed by atoms with Gasteiger partial charge in [0.2, 0.25) is 0 Å². The molecule has 0 bridgehead atoms. The monoisotopic (exact) mass is 482 g/mol. The highest BCUT2D eigenvalue weighted by Crippen LogP contribution is 2.12. The average molecular weight is 483 g/mol. The van der Waals surface area contributed by atoms with Crippen LogP contribution in [0, 0.1) is 0 Å². The van der Waals surface area contributed by atoms with Gasteiger partial charge in [0, 0.05) is 6.42 Å². The smallest absolute Gasteiger partial charge is 0.306 e. The second-order valence-electron chi connectivity index (χ2n) is 9.74. The molecule has 0 heterocycles. The van der Waals surface area contributed by atoms with Crippen molar-refractivity contribution in [2.45, 2.75) is 125 Å². The molecule has 0 amide bonds. The van der Waals surface area contributed by atoms with Crippen molar-refractivity contribution in [3.8, 4) is 0 Å². The first-order chi connectivity index (χ1) is 17.0. The lowest BCUT2D eigenvalue weighted by Crippen LogP contribution is -2.04. The van der Waals surface area contributed by atoms with Gasteiger partial charge in [-0.2, -0.15) is 0 Å². The molecule has 0 spiro atoms. The summed E-state index contributed by atoms with van der Waals surface area (Å²) in [5, 5.41) is 0. The molecule has 0 unspecified atom stereocenters. The molecule has 0 saturated heterocycles. The Morgan fingerprint density at radius 3 is 1.86 bits per heavy atom. The predicted molar refractivity (Wildman–Crippen MR) is 156 cm³/mol. The number of carbonyl (C=O) groups is 1. The summed E-state index contributed by atoms with van der Waals surface area (Å²) >= 11 is 0. The maximum absolute atomic E-state index is 11.9. The van der Waals surface area contributed by atoms with Crippen molar-refractivity contribution in [1.29, 1.82) is 0 Å². The van der Waals surface area contributed by atoms with Crippen molar-refractivity contribution >= 4 is 5.97 Å². The molecule has 0 atom stereocenters. The van der Waals surface area contributed by atoms with E-state index in [1.807, 2.05) is 0 Å². The lowest BCUT2D eigenvalue weighted by molar-refractivity contribution is -0.142. The van der Waals surface area contributed by atoms with Crippen LogP contribution >= 0.6 is 0 Å². The van der Waals surface area contributed by atoms with Crippen molar-refractivity contribution in [2.24, 2.45) is 0 Å². The first kappa shape index (κ1) is 32.9. The van der Waals surface area contributed by atoms with E-state index < -0.39 is 0 Å². The lowest BCUT2D eigenvalue weighted by atomic mass is 10.1. The van der Waals surface area contributed by atoms with Crippen LogP contribution in [0.4, 0.5) is 0 Å². The summed E-state index contributed by atoms with van der Waals surface area (Å²) < 4.78 is 5.38. The average Bonchev–Trinajstić information content (AvgIpc) is 2.81. The minimum Gasteiger partial charge on any atom is -0.461 e. The molecule has 0 aromatic heterocycles. The summed E-state index contributed by atoms with van der Waals surface area (Å²) in [6, 6.07) is 0. The number of allylic oxidation sites excluding steroid dienone is 11. The van der Waals surface area contributed by atoms with E-state index in [2.05, 4.69) is 89.3 Å². The van der Waals surface area contributed by atoms with E-state index in [0.717, 1.165) is 64.2 Å². The Morgan fingerprint density at radius 1 is 0.600 bits per heavy atom. The van der Waals surface area contributed by atoms with Crippen LogP contribution < -0.4 is 0 Å². The van der Waals surface area contributed by atoms with E-state index in [4.69, 9.17) is 4.74 Å². The van der Waals surface area contributed by atoms with Gasteiger partial charge in [-0.1, -0.05) is 91.5 Å². The van der Waals surface area contributed by atoms with E-state index in [1.165, 1.54) is 36.0 Å².